The fourth-order valence-corrected chi connectivity index (χ4v) is 2.33. The third kappa shape index (κ3) is 2.87. The summed E-state index contributed by atoms with van der Waals surface area (Å²) in [6.07, 6.45) is 8.89. The second kappa shape index (κ2) is 4.87. The van der Waals surface area contributed by atoms with Crippen LogP contribution in [0.2, 0.25) is 0 Å². The first-order chi connectivity index (χ1) is 6.98. The third-order valence-electron chi connectivity index (χ3n) is 3.56. The van der Waals surface area contributed by atoms with Gasteiger partial charge in [-0.2, -0.15) is 0 Å². The number of hydrogen-bond donors (Lipinski definition) is 1. The van der Waals surface area contributed by atoms with Crippen molar-refractivity contribution in [2.24, 2.45) is 11.3 Å². The molecule has 1 N–H and O–H groups in total. The van der Waals surface area contributed by atoms with Gasteiger partial charge in [-0.3, -0.25) is 0 Å². The standard InChI is InChI=1S/C14H24O/c1-5-7-13(15)14(3,4)12-9-6-8-11(2)10-12/h7,10,12,15H,5-6,8-9H2,1-4H3/b13-7+/t12-/m0/s1. The van der Waals surface area contributed by atoms with E-state index in [9.17, 15) is 5.11 Å². The Balaban J connectivity index is 2.85. The molecule has 1 aliphatic rings. The highest BCUT2D eigenvalue weighted by Crippen LogP contribution is 2.40. The van der Waals surface area contributed by atoms with Crippen molar-refractivity contribution in [1.82, 2.24) is 0 Å². The predicted molar refractivity (Wildman–Crippen MR) is 65.9 cm³/mol. The fraction of sp³-hybridized carbons (Fsp3) is 0.714. The van der Waals surface area contributed by atoms with E-state index in [2.05, 4.69) is 33.8 Å². The first-order valence-corrected chi connectivity index (χ1v) is 6.05. The molecular formula is C14H24O. The lowest BCUT2D eigenvalue weighted by atomic mass is 9.71. The van der Waals surface area contributed by atoms with Gasteiger partial charge in [0.05, 0.1) is 5.76 Å². The minimum atomic E-state index is -0.0995. The molecule has 0 spiro atoms. The Bertz CT molecular complexity index is 271. The molecule has 0 saturated heterocycles. The predicted octanol–water partition coefficient (Wildman–Crippen LogP) is 4.61. The van der Waals surface area contributed by atoms with Gasteiger partial charge in [0, 0.05) is 5.41 Å². The molecule has 86 valence electrons. The Morgan fingerprint density at radius 3 is 2.80 bits per heavy atom. The third-order valence-corrected chi connectivity index (χ3v) is 3.56. The van der Waals surface area contributed by atoms with Crippen LogP contribution in [0.15, 0.2) is 23.5 Å². The first kappa shape index (κ1) is 12.4. The molecule has 0 heterocycles. The minimum Gasteiger partial charge on any atom is -0.512 e. The summed E-state index contributed by atoms with van der Waals surface area (Å²) in [7, 11) is 0. The number of aliphatic hydroxyl groups excluding tert-OH is 1. The number of rotatable bonds is 3. The summed E-state index contributed by atoms with van der Waals surface area (Å²) in [6, 6.07) is 0. The Hall–Kier alpha value is -0.720. The number of aliphatic hydroxyl groups is 1. The molecule has 0 bridgehead atoms. The lowest BCUT2D eigenvalue weighted by Gasteiger charge is -2.34. The highest BCUT2D eigenvalue weighted by atomic mass is 16.3. The largest absolute Gasteiger partial charge is 0.512 e. The van der Waals surface area contributed by atoms with Gasteiger partial charge in [-0.1, -0.05) is 32.4 Å². The van der Waals surface area contributed by atoms with Crippen molar-refractivity contribution in [3.05, 3.63) is 23.5 Å². The quantitative estimate of drug-likeness (QED) is 0.530. The van der Waals surface area contributed by atoms with Crippen LogP contribution >= 0.6 is 0 Å². The van der Waals surface area contributed by atoms with E-state index in [1.54, 1.807) is 0 Å². The van der Waals surface area contributed by atoms with Gasteiger partial charge in [0.15, 0.2) is 0 Å². The van der Waals surface area contributed by atoms with E-state index in [4.69, 9.17) is 0 Å². The van der Waals surface area contributed by atoms with Crippen molar-refractivity contribution in [3.8, 4) is 0 Å². The van der Waals surface area contributed by atoms with Gasteiger partial charge in [0.2, 0.25) is 0 Å². The van der Waals surface area contributed by atoms with Gasteiger partial charge in [0.1, 0.15) is 0 Å². The van der Waals surface area contributed by atoms with Crippen LogP contribution in [0.25, 0.3) is 0 Å². The molecule has 1 nitrogen and oxygen atoms in total. The van der Waals surface area contributed by atoms with Crippen molar-refractivity contribution in [3.63, 3.8) is 0 Å². The molecule has 0 amide bonds. The van der Waals surface area contributed by atoms with Gasteiger partial charge in [-0.05, 0) is 44.6 Å². The van der Waals surface area contributed by atoms with Crippen molar-refractivity contribution < 1.29 is 5.11 Å². The molecule has 0 radical (unpaired) electrons. The first-order valence-electron chi connectivity index (χ1n) is 6.05. The Kier molecular flexibility index (Phi) is 4.01. The zero-order valence-electron chi connectivity index (χ0n) is 10.5. The summed E-state index contributed by atoms with van der Waals surface area (Å²) in [5.74, 6) is 1.05. The fourth-order valence-electron chi connectivity index (χ4n) is 2.33. The van der Waals surface area contributed by atoms with E-state index in [-0.39, 0.29) is 5.41 Å². The van der Waals surface area contributed by atoms with Crippen molar-refractivity contribution in [1.29, 1.82) is 0 Å². The van der Waals surface area contributed by atoms with Crippen LogP contribution < -0.4 is 0 Å². The van der Waals surface area contributed by atoms with Crippen molar-refractivity contribution in [2.45, 2.75) is 53.4 Å². The average molecular weight is 208 g/mol. The Morgan fingerprint density at radius 1 is 1.60 bits per heavy atom. The van der Waals surface area contributed by atoms with E-state index >= 15 is 0 Å². The summed E-state index contributed by atoms with van der Waals surface area (Å²) >= 11 is 0. The molecule has 0 unspecified atom stereocenters. The van der Waals surface area contributed by atoms with Crippen LogP contribution in [0.3, 0.4) is 0 Å². The van der Waals surface area contributed by atoms with Crippen LogP contribution in [-0.4, -0.2) is 5.11 Å². The maximum Gasteiger partial charge on any atom is 0.0944 e. The maximum absolute atomic E-state index is 10.0. The zero-order valence-corrected chi connectivity index (χ0v) is 10.5. The monoisotopic (exact) mass is 208 g/mol. The topological polar surface area (TPSA) is 20.2 Å². The molecule has 0 saturated carbocycles. The SMILES string of the molecule is CC/C=C(/O)C(C)(C)[C@@H]1C=C(C)CCC1. The molecule has 0 aromatic carbocycles. The minimum absolute atomic E-state index is 0.0995. The molecule has 0 fully saturated rings. The van der Waals surface area contributed by atoms with Gasteiger partial charge in [0.25, 0.3) is 0 Å². The molecule has 0 aromatic rings. The zero-order chi connectivity index (χ0) is 11.5. The van der Waals surface area contributed by atoms with Crippen LogP contribution in [0.4, 0.5) is 0 Å². The summed E-state index contributed by atoms with van der Waals surface area (Å²) in [6.45, 7) is 8.56. The highest BCUT2D eigenvalue weighted by Gasteiger charge is 2.32. The molecule has 0 aliphatic heterocycles. The van der Waals surface area contributed by atoms with E-state index in [0.717, 1.165) is 6.42 Å². The smallest absolute Gasteiger partial charge is 0.0944 e. The molecule has 1 rings (SSSR count). The summed E-state index contributed by atoms with van der Waals surface area (Å²) < 4.78 is 0. The Labute approximate surface area is 93.9 Å². The van der Waals surface area contributed by atoms with E-state index in [1.807, 2.05) is 6.08 Å². The highest BCUT2D eigenvalue weighted by molar-refractivity contribution is 5.15. The molecule has 0 aromatic heterocycles. The normalized spacial score (nSPS) is 23.9. The molecule has 1 atom stereocenters. The average Bonchev–Trinajstić information content (AvgIpc) is 2.18. The van der Waals surface area contributed by atoms with Crippen LogP contribution in [-0.2, 0) is 0 Å². The second-order valence-electron chi connectivity index (χ2n) is 5.23. The van der Waals surface area contributed by atoms with Gasteiger partial charge >= 0.3 is 0 Å². The van der Waals surface area contributed by atoms with Gasteiger partial charge < -0.3 is 5.11 Å². The lowest BCUT2D eigenvalue weighted by molar-refractivity contribution is 0.187. The molecule has 15 heavy (non-hydrogen) atoms. The van der Waals surface area contributed by atoms with E-state index < -0.39 is 0 Å². The van der Waals surface area contributed by atoms with E-state index in [0.29, 0.717) is 11.7 Å². The molecule has 1 aliphatic carbocycles. The Morgan fingerprint density at radius 2 is 2.27 bits per heavy atom. The molecule has 1 heteroatoms. The van der Waals surface area contributed by atoms with E-state index in [1.165, 1.54) is 24.8 Å². The second-order valence-corrected chi connectivity index (χ2v) is 5.23. The summed E-state index contributed by atoms with van der Waals surface area (Å²) in [5, 5.41) is 10.0. The van der Waals surface area contributed by atoms with Gasteiger partial charge in [-0.15, -0.1) is 0 Å². The number of allylic oxidation sites excluding steroid dienone is 4. The van der Waals surface area contributed by atoms with Crippen LogP contribution in [0.1, 0.15) is 53.4 Å². The van der Waals surface area contributed by atoms with Crippen molar-refractivity contribution >= 4 is 0 Å². The molecular weight excluding hydrogens is 184 g/mol. The summed E-state index contributed by atoms with van der Waals surface area (Å²) in [5.41, 5.74) is 1.38. The van der Waals surface area contributed by atoms with Crippen molar-refractivity contribution in [2.75, 3.05) is 0 Å². The van der Waals surface area contributed by atoms with Crippen LogP contribution in [0.5, 0.6) is 0 Å². The lowest BCUT2D eigenvalue weighted by Crippen LogP contribution is -2.26. The van der Waals surface area contributed by atoms with Gasteiger partial charge in [-0.25, -0.2) is 0 Å². The van der Waals surface area contributed by atoms with Crippen LogP contribution in [0, 0.1) is 11.3 Å². The maximum atomic E-state index is 10.0. The summed E-state index contributed by atoms with van der Waals surface area (Å²) in [4.78, 5) is 0. The number of hydrogen-bond acceptors (Lipinski definition) is 1.